The Kier molecular flexibility index (Phi) is 6.33. The molecule has 0 atom stereocenters. The molecule has 1 aliphatic rings. The van der Waals surface area contributed by atoms with Gasteiger partial charge in [0, 0.05) is 49.0 Å². The number of alkyl halides is 3. The Morgan fingerprint density at radius 1 is 1.31 bits per heavy atom. The molecule has 12 heteroatoms. The van der Waals surface area contributed by atoms with E-state index in [4.69, 9.17) is 4.74 Å². The van der Waals surface area contributed by atoms with E-state index in [-0.39, 0.29) is 18.3 Å². The number of hydrogen-bond acceptors (Lipinski definition) is 7. The number of nitrogens with zero attached hydrogens (tertiary/aromatic N) is 4. The van der Waals surface area contributed by atoms with Gasteiger partial charge in [0.15, 0.2) is 10.7 Å². The summed E-state index contributed by atoms with van der Waals surface area (Å²) in [5, 5.41) is 11.6. The maximum atomic E-state index is 12.8. The fourth-order valence-corrected chi connectivity index (χ4v) is 4.34. The molecule has 0 aliphatic carbocycles. The summed E-state index contributed by atoms with van der Waals surface area (Å²) >= 11 is 0.399. The topological polar surface area (TPSA) is 94.0 Å². The van der Waals surface area contributed by atoms with Gasteiger partial charge in [-0.25, -0.2) is 14.6 Å². The van der Waals surface area contributed by atoms with Gasteiger partial charge in [-0.15, -0.1) is 11.3 Å². The van der Waals surface area contributed by atoms with Crippen LogP contribution >= 0.6 is 11.3 Å². The highest BCUT2D eigenvalue weighted by Gasteiger charge is 2.35. The number of fused-ring (bicyclic) bond motifs is 1. The minimum absolute atomic E-state index is 0.0926. The molecule has 2 N–H and O–H groups in total. The lowest BCUT2D eigenvalue weighted by Gasteiger charge is -2.26. The molecular formula is C20H23F3N6O2S. The second kappa shape index (κ2) is 9.02. The summed E-state index contributed by atoms with van der Waals surface area (Å²) in [7, 11) is 0. The fraction of sp³-hybridized carbons (Fsp3) is 0.500. The molecule has 1 aliphatic heterocycles. The lowest BCUT2D eigenvalue weighted by Crippen LogP contribution is -2.30. The first kappa shape index (κ1) is 22.5. The predicted octanol–water partition coefficient (Wildman–Crippen LogP) is 3.76. The van der Waals surface area contributed by atoms with Gasteiger partial charge >= 0.3 is 6.18 Å². The zero-order valence-corrected chi connectivity index (χ0v) is 18.4. The van der Waals surface area contributed by atoms with Gasteiger partial charge in [-0.3, -0.25) is 4.79 Å². The lowest BCUT2D eigenvalue weighted by atomic mass is 10.0. The largest absolute Gasteiger partial charge is 0.443 e. The summed E-state index contributed by atoms with van der Waals surface area (Å²) in [6.07, 6.45) is -1.14. The molecule has 4 heterocycles. The second-order valence-electron chi connectivity index (χ2n) is 7.50. The third kappa shape index (κ3) is 4.56. The second-order valence-corrected chi connectivity index (χ2v) is 8.36. The monoisotopic (exact) mass is 468 g/mol. The van der Waals surface area contributed by atoms with Crippen molar-refractivity contribution in [3.05, 3.63) is 33.5 Å². The molecular weight excluding hydrogens is 445 g/mol. The average molecular weight is 469 g/mol. The SMILES string of the molecule is CCn1ncc2c(NC3CCOCC3)c(CNC(=O)c3csc(C(F)(F)F)n3)c(C)nc21. The number of hydrogen-bond donors (Lipinski definition) is 2. The van der Waals surface area contributed by atoms with Gasteiger partial charge < -0.3 is 15.4 Å². The van der Waals surface area contributed by atoms with Crippen molar-refractivity contribution in [2.24, 2.45) is 0 Å². The van der Waals surface area contributed by atoms with Crippen molar-refractivity contribution >= 4 is 34.0 Å². The predicted molar refractivity (Wildman–Crippen MR) is 114 cm³/mol. The maximum Gasteiger partial charge on any atom is 0.443 e. The van der Waals surface area contributed by atoms with Crippen LogP contribution in [-0.4, -0.2) is 44.9 Å². The highest BCUT2D eigenvalue weighted by atomic mass is 32.1. The summed E-state index contributed by atoms with van der Waals surface area (Å²) in [5.41, 5.74) is 2.78. The van der Waals surface area contributed by atoms with E-state index in [1.807, 2.05) is 13.8 Å². The standard InChI is InChI=1S/C20H23F3N6O2S/c1-3-29-17-14(9-25-29)16(27-12-4-6-31-7-5-12)13(11(2)26-17)8-24-18(30)15-10-32-19(28-15)20(21,22)23/h9-10,12H,3-8H2,1-2H3,(H,24,30)(H,26,27). The van der Waals surface area contributed by atoms with Crippen LogP contribution in [0.1, 0.15) is 46.5 Å². The van der Waals surface area contributed by atoms with E-state index in [9.17, 15) is 18.0 Å². The summed E-state index contributed by atoms with van der Waals surface area (Å²) < 4.78 is 45.7. The molecule has 1 amide bonds. The minimum atomic E-state index is -4.57. The van der Waals surface area contributed by atoms with Crippen molar-refractivity contribution in [2.45, 2.75) is 52.0 Å². The molecule has 0 saturated carbocycles. The molecule has 0 aromatic carbocycles. The number of halogens is 3. The van der Waals surface area contributed by atoms with Gasteiger partial charge in [0.2, 0.25) is 0 Å². The summed E-state index contributed by atoms with van der Waals surface area (Å²) in [5.74, 6) is -0.669. The Bertz CT molecular complexity index is 1120. The van der Waals surface area contributed by atoms with Crippen molar-refractivity contribution in [1.82, 2.24) is 25.1 Å². The fourth-order valence-electron chi connectivity index (χ4n) is 3.67. The molecule has 3 aromatic rings. The molecule has 172 valence electrons. The molecule has 32 heavy (non-hydrogen) atoms. The van der Waals surface area contributed by atoms with Gasteiger partial charge in [0.05, 0.1) is 17.3 Å². The van der Waals surface area contributed by atoms with Gasteiger partial charge in [-0.1, -0.05) is 0 Å². The van der Waals surface area contributed by atoms with Gasteiger partial charge in [0.25, 0.3) is 5.91 Å². The molecule has 0 unspecified atom stereocenters. The van der Waals surface area contributed by atoms with Crippen molar-refractivity contribution in [1.29, 1.82) is 0 Å². The Labute approximate surface area is 186 Å². The van der Waals surface area contributed by atoms with Crippen LogP contribution in [0.2, 0.25) is 0 Å². The Morgan fingerprint density at radius 3 is 2.72 bits per heavy atom. The van der Waals surface area contributed by atoms with Crippen molar-refractivity contribution in [2.75, 3.05) is 18.5 Å². The molecule has 3 aromatic heterocycles. The van der Waals surface area contributed by atoms with Crippen LogP contribution in [0, 0.1) is 6.92 Å². The molecule has 0 bridgehead atoms. The van der Waals surface area contributed by atoms with E-state index in [0.29, 0.717) is 36.8 Å². The minimum Gasteiger partial charge on any atom is -0.381 e. The van der Waals surface area contributed by atoms with Crippen LogP contribution in [0.25, 0.3) is 11.0 Å². The molecule has 0 radical (unpaired) electrons. The highest BCUT2D eigenvalue weighted by Crippen LogP contribution is 2.32. The number of rotatable bonds is 6. The van der Waals surface area contributed by atoms with Crippen molar-refractivity contribution < 1.29 is 22.7 Å². The van der Waals surface area contributed by atoms with E-state index >= 15 is 0 Å². The van der Waals surface area contributed by atoms with Crippen LogP contribution < -0.4 is 10.6 Å². The molecule has 4 rings (SSSR count). The Balaban J connectivity index is 1.62. The maximum absolute atomic E-state index is 12.8. The van der Waals surface area contributed by atoms with Crippen LogP contribution in [0.3, 0.4) is 0 Å². The Hall–Kier alpha value is -2.73. The van der Waals surface area contributed by atoms with E-state index in [0.717, 1.165) is 40.5 Å². The summed E-state index contributed by atoms with van der Waals surface area (Å²) in [6.45, 7) is 5.90. The number of aromatic nitrogens is 4. The zero-order chi connectivity index (χ0) is 22.9. The highest BCUT2D eigenvalue weighted by molar-refractivity contribution is 7.09. The Morgan fingerprint density at radius 2 is 2.06 bits per heavy atom. The van der Waals surface area contributed by atoms with Crippen LogP contribution in [0.5, 0.6) is 0 Å². The number of carbonyl (C=O) groups excluding carboxylic acids is 1. The first-order valence-corrected chi connectivity index (χ1v) is 11.2. The normalized spacial score (nSPS) is 15.3. The molecule has 1 fully saturated rings. The van der Waals surface area contributed by atoms with E-state index < -0.39 is 17.1 Å². The number of nitrogens with one attached hydrogen (secondary N) is 2. The number of amides is 1. The first-order chi connectivity index (χ1) is 15.3. The van der Waals surface area contributed by atoms with Crippen molar-refractivity contribution in [3.8, 4) is 0 Å². The van der Waals surface area contributed by atoms with E-state index in [1.165, 1.54) is 0 Å². The number of carbonyl (C=O) groups is 1. The van der Waals surface area contributed by atoms with Crippen LogP contribution in [-0.2, 0) is 24.0 Å². The molecule has 1 saturated heterocycles. The molecule has 8 nitrogen and oxygen atoms in total. The number of aryl methyl sites for hydroxylation is 2. The van der Waals surface area contributed by atoms with Crippen LogP contribution in [0.15, 0.2) is 11.6 Å². The van der Waals surface area contributed by atoms with Gasteiger partial charge in [0.1, 0.15) is 5.69 Å². The van der Waals surface area contributed by atoms with E-state index in [2.05, 4.69) is 25.7 Å². The first-order valence-electron chi connectivity index (χ1n) is 10.3. The third-order valence-corrected chi connectivity index (χ3v) is 6.25. The lowest BCUT2D eigenvalue weighted by molar-refractivity contribution is -0.137. The zero-order valence-electron chi connectivity index (χ0n) is 17.6. The quantitative estimate of drug-likeness (QED) is 0.572. The summed E-state index contributed by atoms with van der Waals surface area (Å²) in [6, 6.07) is 0.195. The number of ether oxygens (including phenoxy) is 1. The number of anilines is 1. The average Bonchev–Trinajstić information content (AvgIpc) is 3.41. The summed E-state index contributed by atoms with van der Waals surface area (Å²) in [4.78, 5) is 20.6. The number of pyridine rings is 1. The smallest absolute Gasteiger partial charge is 0.381 e. The van der Waals surface area contributed by atoms with Gasteiger partial charge in [-0.2, -0.15) is 18.3 Å². The third-order valence-electron chi connectivity index (χ3n) is 5.37. The number of thiazole rings is 1. The van der Waals surface area contributed by atoms with Crippen molar-refractivity contribution in [3.63, 3.8) is 0 Å². The molecule has 0 spiro atoms. The van der Waals surface area contributed by atoms with E-state index in [1.54, 1.807) is 10.9 Å². The van der Waals surface area contributed by atoms with Crippen LogP contribution in [0.4, 0.5) is 18.9 Å². The van der Waals surface area contributed by atoms with Gasteiger partial charge in [-0.05, 0) is 26.7 Å².